The van der Waals surface area contributed by atoms with E-state index in [4.69, 9.17) is 0 Å². The predicted octanol–water partition coefficient (Wildman–Crippen LogP) is 21.4. The molecule has 0 saturated carbocycles. The second kappa shape index (κ2) is 18.6. The number of hydrogen-bond acceptors (Lipinski definition) is 3. The average Bonchev–Trinajstić information content (AvgIpc) is 1.68. The van der Waals surface area contributed by atoms with Gasteiger partial charge < -0.3 is 14.6 Å². The Bertz CT molecular complexity index is 3990. The maximum absolute atomic E-state index is 2.79. The molecule has 0 atom stereocenters. The summed E-state index contributed by atoms with van der Waals surface area (Å²) >= 11 is 0. The zero-order valence-electron chi connectivity index (χ0n) is 55.5. The van der Waals surface area contributed by atoms with Gasteiger partial charge in [0.25, 0.3) is 0 Å². The third-order valence-electron chi connectivity index (χ3n) is 21.6. The van der Waals surface area contributed by atoms with Crippen LogP contribution in [0, 0.1) is 13.8 Å². The van der Waals surface area contributed by atoms with Gasteiger partial charge in [-0.2, -0.15) is 0 Å². The van der Waals surface area contributed by atoms with E-state index in [0.29, 0.717) is 0 Å². The van der Waals surface area contributed by atoms with Gasteiger partial charge in [-0.05, 0) is 239 Å². The molecule has 3 aliphatic carbocycles. The van der Waals surface area contributed by atoms with Crippen LogP contribution < -0.4 is 25.5 Å². The number of fused-ring (bicyclic) bond motifs is 10. The molecule has 85 heavy (non-hydrogen) atoms. The lowest BCUT2D eigenvalue weighted by atomic mass is 9.41. The van der Waals surface area contributed by atoms with E-state index in [1.807, 2.05) is 0 Å². The molecule has 0 radical (unpaired) electrons. The lowest BCUT2D eigenvalue weighted by Gasteiger charge is -2.48. The van der Waals surface area contributed by atoms with E-state index in [2.05, 4.69) is 300 Å². The summed E-state index contributed by atoms with van der Waals surface area (Å²) in [5, 5.41) is 0. The van der Waals surface area contributed by atoms with Crippen LogP contribution in [0.5, 0.6) is 0 Å². The summed E-state index contributed by atoms with van der Waals surface area (Å²) in [7, 11) is 0. The Kier molecular flexibility index (Phi) is 12.6. The first-order valence-electron chi connectivity index (χ1n) is 32.1. The monoisotopic (exact) mass is 1120 g/mol. The normalized spacial score (nSPS) is 18.2. The molecule has 0 aromatic heterocycles. The number of benzene rings is 8. The molecule has 5 aliphatic rings. The van der Waals surface area contributed by atoms with Crippen LogP contribution in [-0.4, -0.2) is 6.85 Å². The van der Waals surface area contributed by atoms with E-state index >= 15 is 0 Å². The van der Waals surface area contributed by atoms with Crippen molar-refractivity contribution in [1.29, 1.82) is 0 Å². The number of nitrogens with zero attached hydrogens (tertiary/aromatic N) is 3. The van der Waals surface area contributed by atoms with Gasteiger partial charge in [-0.1, -0.05) is 198 Å². The second-order valence-electron chi connectivity index (χ2n) is 33.0. The topological polar surface area (TPSA) is 9.72 Å². The highest BCUT2D eigenvalue weighted by Crippen LogP contribution is 2.58. The van der Waals surface area contributed by atoms with E-state index in [1.165, 1.54) is 142 Å². The first-order chi connectivity index (χ1) is 39.6. The molecule has 4 heteroatoms. The average molecular weight is 1120 g/mol. The highest BCUT2D eigenvalue weighted by atomic mass is 15.2. The zero-order valence-corrected chi connectivity index (χ0v) is 55.5. The van der Waals surface area contributed by atoms with E-state index in [1.54, 1.807) is 0 Å². The summed E-state index contributed by atoms with van der Waals surface area (Å²) in [5.41, 5.74) is 33.4. The van der Waals surface area contributed by atoms with Gasteiger partial charge in [0.2, 0.25) is 0 Å². The molecule has 0 amide bonds. The summed E-state index contributed by atoms with van der Waals surface area (Å²) in [4.78, 5) is 8.03. The standard InChI is InChI=1S/C81H94BN3/c1-49-42-61-58-35-34-57(83(54-28-22-51(23-29-54)74(3,4)5)55-30-24-52(25-31-55)75(6,7)8)45-69(58)85(56-32-26-53(27-33-56)76(9,10)11)82-72(61)70(43-49)84(68-48-66-63(44-50(68)2)77(12,13)38-41-80(66,18)19)67-37-36-59-60-46-64-65(79(16,17)40-39-78(64,14)15)47-62(60)81(20,21)71(59)73(67)82/h22-37,42-48H,38-41H2,1-21H3. The van der Waals surface area contributed by atoms with Gasteiger partial charge in [-0.3, -0.25) is 0 Å². The van der Waals surface area contributed by atoms with Crippen LogP contribution in [0.3, 0.4) is 0 Å². The van der Waals surface area contributed by atoms with Crippen LogP contribution in [0.4, 0.5) is 45.5 Å². The smallest absolute Gasteiger partial charge is 0.333 e. The Morgan fingerprint density at radius 2 is 0.835 bits per heavy atom. The molecule has 0 saturated heterocycles. The number of hydrogen-bond donors (Lipinski definition) is 0. The fourth-order valence-electron chi connectivity index (χ4n) is 16.0. The Hall–Kier alpha value is -6.78. The molecular weight excluding hydrogens is 1030 g/mol. The van der Waals surface area contributed by atoms with Crippen LogP contribution in [0.2, 0.25) is 0 Å². The Balaban J connectivity index is 1.14. The molecule has 0 bridgehead atoms. The minimum Gasteiger partial charge on any atom is -0.376 e. The quantitative estimate of drug-likeness (QED) is 0.159. The van der Waals surface area contributed by atoms with Gasteiger partial charge in [-0.15, -0.1) is 0 Å². The van der Waals surface area contributed by atoms with Gasteiger partial charge >= 0.3 is 6.85 Å². The minimum absolute atomic E-state index is 0.0121. The molecule has 0 spiro atoms. The molecule has 0 N–H and O–H groups in total. The molecular formula is C81H94BN3. The van der Waals surface area contributed by atoms with Crippen LogP contribution >= 0.6 is 0 Å². The molecule has 13 rings (SSSR count). The minimum atomic E-state index is -0.327. The summed E-state index contributed by atoms with van der Waals surface area (Å²) in [6.45, 7) is 50.4. The van der Waals surface area contributed by atoms with Crippen molar-refractivity contribution in [3.63, 3.8) is 0 Å². The lowest BCUT2D eigenvalue weighted by molar-refractivity contribution is 0.331. The van der Waals surface area contributed by atoms with Crippen molar-refractivity contribution in [2.75, 3.05) is 14.6 Å². The molecule has 3 nitrogen and oxygen atoms in total. The van der Waals surface area contributed by atoms with Crippen LogP contribution in [0.25, 0.3) is 22.3 Å². The van der Waals surface area contributed by atoms with Gasteiger partial charge in [0.05, 0.1) is 0 Å². The third-order valence-corrected chi connectivity index (χ3v) is 21.6. The van der Waals surface area contributed by atoms with Gasteiger partial charge in [-0.25, -0.2) is 0 Å². The fraction of sp³-hybridized carbons (Fsp3) is 0.407. The van der Waals surface area contributed by atoms with Crippen molar-refractivity contribution in [2.24, 2.45) is 0 Å². The summed E-state index contributed by atoms with van der Waals surface area (Å²) < 4.78 is 0. The van der Waals surface area contributed by atoms with E-state index in [0.717, 1.165) is 23.5 Å². The first kappa shape index (κ1) is 57.3. The maximum atomic E-state index is 2.79. The Morgan fingerprint density at radius 3 is 1.35 bits per heavy atom. The van der Waals surface area contributed by atoms with Crippen LogP contribution in [0.1, 0.15) is 218 Å². The van der Waals surface area contributed by atoms with Gasteiger partial charge in [0, 0.05) is 56.5 Å². The van der Waals surface area contributed by atoms with Crippen molar-refractivity contribution in [2.45, 2.75) is 214 Å². The Morgan fingerprint density at radius 1 is 0.376 bits per heavy atom. The van der Waals surface area contributed by atoms with E-state index in [-0.39, 0.29) is 50.2 Å². The summed E-state index contributed by atoms with van der Waals surface area (Å²) in [6, 6.07) is 56.5. The van der Waals surface area contributed by atoms with Gasteiger partial charge in [0.15, 0.2) is 0 Å². The molecule has 2 heterocycles. The zero-order chi connectivity index (χ0) is 60.8. The van der Waals surface area contributed by atoms with Crippen LogP contribution in [0.15, 0.2) is 140 Å². The van der Waals surface area contributed by atoms with E-state index in [9.17, 15) is 0 Å². The third kappa shape index (κ3) is 8.93. The number of rotatable bonds is 5. The molecule has 0 unspecified atom stereocenters. The maximum Gasteiger partial charge on any atom is 0.333 e. The second-order valence-corrected chi connectivity index (χ2v) is 33.0. The van der Waals surface area contributed by atoms with Crippen molar-refractivity contribution in [3.05, 3.63) is 201 Å². The molecule has 0 fully saturated rings. The Labute approximate surface area is 512 Å². The van der Waals surface area contributed by atoms with E-state index < -0.39 is 0 Å². The summed E-state index contributed by atoms with van der Waals surface area (Å²) in [5.74, 6) is 0. The highest BCUT2D eigenvalue weighted by molar-refractivity contribution is 6.94. The molecule has 8 aromatic rings. The first-order valence-corrected chi connectivity index (χ1v) is 32.1. The summed E-state index contributed by atoms with van der Waals surface area (Å²) in [6.07, 6.45) is 4.71. The lowest BCUT2D eigenvalue weighted by Crippen LogP contribution is -2.63. The molecule has 436 valence electrons. The largest absolute Gasteiger partial charge is 0.376 e. The fourth-order valence-corrected chi connectivity index (χ4v) is 16.0. The van der Waals surface area contributed by atoms with Gasteiger partial charge in [0.1, 0.15) is 0 Å². The predicted molar refractivity (Wildman–Crippen MR) is 369 cm³/mol. The van der Waals surface area contributed by atoms with Crippen molar-refractivity contribution < 1.29 is 0 Å². The van der Waals surface area contributed by atoms with Crippen molar-refractivity contribution in [1.82, 2.24) is 0 Å². The van der Waals surface area contributed by atoms with Crippen molar-refractivity contribution in [3.8, 4) is 22.3 Å². The highest BCUT2D eigenvalue weighted by Gasteiger charge is 2.52. The van der Waals surface area contributed by atoms with Crippen molar-refractivity contribution >= 4 is 63.3 Å². The molecule has 2 aliphatic heterocycles. The number of aryl methyl sites for hydroxylation is 2. The number of anilines is 8. The molecule has 8 aromatic carbocycles. The SMILES string of the molecule is Cc1cc2c3c(c1)N(c1cc4c(cc1C)C(C)(C)CCC4(C)C)c1ccc4c(c1B3N(c1ccc(C(C)(C)C)cc1)c1cc(N(c3ccc(C(C)(C)C)cc3)c3ccc(C(C)(C)C)cc3)ccc1-2)C(C)(C)c1cc2c(cc1-4)C(C)(C)CCC2(C)C. The van der Waals surface area contributed by atoms with Crippen LogP contribution in [-0.2, 0) is 43.3 Å².